The molecule has 0 aliphatic carbocycles. The third-order valence-electron chi connectivity index (χ3n) is 5.88. The lowest BCUT2D eigenvalue weighted by Gasteiger charge is -2.32. The molecule has 0 aromatic rings. The Morgan fingerprint density at radius 2 is 1.27 bits per heavy atom. The summed E-state index contributed by atoms with van der Waals surface area (Å²) in [6.07, 6.45) is 22.7. The van der Waals surface area contributed by atoms with Gasteiger partial charge in [-0.3, -0.25) is 4.52 Å². The van der Waals surface area contributed by atoms with Crippen LogP contribution in [0, 0.1) is 0 Å². The van der Waals surface area contributed by atoms with Gasteiger partial charge in [-0.15, -0.1) is 0 Å². The Balaban J connectivity index is 3.69. The zero-order valence-corrected chi connectivity index (χ0v) is 21.3. The molecule has 0 aliphatic rings. The summed E-state index contributed by atoms with van der Waals surface area (Å²) in [5, 5.41) is 0. The fourth-order valence-corrected chi connectivity index (χ4v) is 4.23. The number of phosphoric acid groups is 1. The molecule has 0 bridgehead atoms. The van der Waals surface area contributed by atoms with Crippen molar-refractivity contribution in [2.45, 2.75) is 116 Å². The molecule has 6 heteroatoms. The molecule has 0 aromatic carbocycles. The quantitative estimate of drug-likeness (QED) is 0.0859. The molecule has 2 N–H and O–H groups in total. The Morgan fingerprint density at radius 3 is 1.73 bits per heavy atom. The van der Waals surface area contributed by atoms with Crippen LogP contribution in [0.1, 0.15) is 110 Å². The zero-order valence-electron chi connectivity index (χ0n) is 20.4. The average Bonchev–Trinajstić information content (AvgIpc) is 2.66. The predicted molar refractivity (Wildman–Crippen MR) is 129 cm³/mol. The molecule has 1 unspecified atom stereocenters. The van der Waals surface area contributed by atoms with Crippen molar-refractivity contribution < 1.29 is 23.4 Å². The summed E-state index contributed by atoms with van der Waals surface area (Å²) < 4.78 is 17.0. The minimum atomic E-state index is -4.43. The summed E-state index contributed by atoms with van der Waals surface area (Å²) in [6, 6.07) is 0. The second-order valence-electron chi connectivity index (χ2n) is 9.38. The molecule has 0 aromatic heterocycles. The van der Waals surface area contributed by atoms with Gasteiger partial charge < -0.3 is 14.3 Å². The van der Waals surface area contributed by atoms with Gasteiger partial charge in [0, 0.05) is 0 Å². The normalized spacial score (nSPS) is 13.9. The molecule has 180 valence electrons. The molecule has 0 heterocycles. The van der Waals surface area contributed by atoms with Gasteiger partial charge in [0.15, 0.2) is 0 Å². The SMILES string of the molecule is CCCCCCCC/C=C/CCCCCCCCC(C[N+](C)(C)CC)OP(=O)(O)O. The van der Waals surface area contributed by atoms with Crippen molar-refractivity contribution in [3.05, 3.63) is 12.2 Å². The molecule has 30 heavy (non-hydrogen) atoms. The van der Waals surface area contributed by atoms with Crippen LogP contribution in [-0.2, 0) is 9.09 Å². The van der Waals surface area contributed by atoms with Crippen molar-refractivity contribution in [2.75, 3.05) is 27.2 Å². The Hall–Kier alpha value is -0.190. The van der Waals surface area contributed by atoms with Crippen LogP contribution in [-0.4, -0.2) is 47.6 Å². The maximum absolute atomic E-state index is 11.2. The summed E-state index contributed by atoms with van der Waals surface area (Å²) in [4.78, 5) is 18.3. The maximum atomic E-state index is 11.2. The zero-order chi connectivity index (χ0) is 22.7. The average molecular weight is 449 g/mol. The highest BCUT2D eigenvalue weighted by Gasteiger charge is 2.27. The number of unbranched alkanes of at least 4 members (excludes halogenated alkanes) is 12. The third-order valence-corrected chi connectivity index (χ3v) is 6.45. The number of quaternary nitrogens is 1. The van der Waals surface area contributed by atoms with E-state index in [1.807, 2.05) is 0 Å². The number of hydrogen-bond acceptors (Lipinski definition) is 2. The topological polar surface area (TPSA) is 66.8 Å². The Morgan fingerprint density at radius 1 is 0.800 bits per heavy atom. The Labute approximate surface area is 187 Å². The summed E-state index contributed by atoms with van der Waals surface area (Å²) in [5.41, 5.74) is 0. The van der Waals surface area contributed by atoms with Gasteiger partial charge in [0.05, 0.1) is 20.6 Å². The second kappa shape index (κ2) is 18.4. The lowest BCUT2D eigenvalue weighted by Crippen LogP contribution is -2.45. The number of rotatable bonds is 21. The molecule has 0 saturated carbocycles. The van der Waals surface area contributed by atoms with Gasteiger partial charge in [-0.2, -0.15) is 0 Å². The van der Waals surface area contributed by atoms with Crippen molar-refractivity contribution >= 4 is 7.82 Å². The first-order valence-corrected chi connectivity index (χ1v) is 13.9. The number of hydrogen-bond donors (Lipinski definition) is 2. The molecule has 0 aliphatic heterocycles. The third kappa shape index (κ3) is 21.1. The van der Waals surface area contributed by atoms with Crippen molar-refractivity contribution in [1.29, 1.82) is 0 Å². The van der Waals surface area contributed by atoms with Crippen LogP contribution >= 0.6 is 7.82 Å². The van der Waals surface area contributed by atoms with E-state index in [1.165, 1.54) is 77.0 Å². The van der Waals surface area contributed by atoms with E-state index >= 15 is 0 Å². The smallest absolute Gasteiger partial charge is 0.327 e. The van der Waals surface area contributed by atoms with Crippen molar-refractivity contribution in [1.82, 2.24) is 0 Å². The predicted octanol–water partition coefficient (Wildman–Crippen LogP) is 6.99. The first-order valence-electron chi connectivity index (χ1n) is 12.4. The number of nitrogens with zero attached hydrogens (tertiary/aromatic N) is 1. The molecular formula is C24H51NO4P+. The molecule has 0 spiro atoms. The molecule has 0 radical (unpaired) electrons. The van der Waals surface area contributed by atoms with E-state index in [1.54, 1.807) is 0 Å². The first kappa shape index (κ1) is 29.8. The fourth-order valence-electron chi connectivity index (χ4n) is 3.67. The minimum Gasteiger partial charge on any atom is -0.327 e. The van der Waals surface area contributed by atoms with Crippen LogP contribution in [0.15, 0.2) is 12.2 Å². The summed E-state index contributed by atoms with van der Waals surface area (Å²) in [7, 11) is -0.291. The van der Waals surface area contributed by atoms with Crippen molar-refractivity contribution in [3.8, 4) is 0 Å². The number of phosphoric ester groups is 1. The van der Waals surface area contributed by atoms with Gasteiger partial charge in [-0.1, -0.05) is 83.3 Å². The van der Waals surface area contributed by atoms with E-state index in [-0.39, 0.29) is 6.10 Å². The van der Waals surface area contributed by atoms with Crippen LogP contribution in [0.25, 0.3) is 0 Å². The Bertz CT molecular complexity index is 462. The van der Waals surface area contributed by atoms with Gasteiger partial charge in [0.1, 0.15) is 12.6 Å². The highest BCUT2D eigenvalue weighted by Crippen LogP contribution is 2.39. The highest BCUT2D eigenvalue weighted by atomic mass is 31.2. The van der Waals surface area contributed by atoms with Crippen LogP contribution in [0.4, 0.5) is 0 Å². The van der Waals surface area contributed by atoms with E-state index in [4.69, 9.17) is 14.3 Å². The van der Waals surface area contributed by atoms with Crippen molar-refractivity contribution in [3.63, 3.8) is 0 Å². The molecule has 1 atom stereocenters. The van der Waals surface area contributed by atoms with Gasteiger partial charge >= 0.3 is 7.82 Å². The molecular weight excluding hydrogens is 397 g/mol. The van der Waals surface area contributed by atoms with Crippen LogP contribution in [0.3, 0.4) is 0 Å². The fraction of sp³-hybridized carbons (Fsp3) is 0.917. The Kier molecular flexibility index (Phi) is 18.3. The van der Waals surface area contributed by atoms with Gasteiger partial charge in [-0.05, 0) is 39.0 Å². The van der Waals surface area contributed by atoms with Gasteiger partial charge in [-0.25, -0.2) is 4.57 Å². The number of likely N-dealkylation sites (N-methyl/N-ethyl adjacent to an activating group) is 1. The van der Waals surface area contributed by atoms with E-state index < -0.39 is 7.82 Å². The van der Waals surface area contributed by atoms with Gasteiger partial charge in [0.2, 0.25) is 0 Å². The minimum absolute atomic E-state index is 0.377. The van der Waals surface area contributed by atoms with E-state index in [0.717, 1.165) is 19.4 Å². The summed E-state index contributed by atoms with van der Waals surface area (Å²) >= 11 is 0. The van der Waals surface area contributed by atoms with E-state index in [9.17, 15) is 4.57 Å². The lowest BCUT2D eigenvalue weighted by molar-refractivity contribution is -0.891. The molecule has 5 nitrogen and oxygen atoms in total. The molecule has 0 saturated heterocycles. The largest absolute Gasteiger partial charge is 0.470 e. The lowest BCUT2D eigenvalue weighted by atomic mass is 10.1. The maximum Gasteiger partial charge on any atom is 0.470 e. The first-order chi connectivity index (χ1) is 14.2. The van der Waals surface area contributed by atoms with Crippen molar-refractivity contribution in [2.24, 2.45) is 0 Å². The summed E-state index contributed by atoms with van der Waals surface area (Å²) in [6.45, 7) is 5.89. The second-order valence-corrected chi connectivity index (χ2v) is 10.6. The van der Waals surface area contributed by atoms with E-state index in [2.05, 4.69) is 40.1 Å². The molecule has 0 fully saturated rings. The monoisotopic (exact) mass is 448 g/mol. The van der Waals surface area contributed by atoms with Gasteiger partial charge in [0.25, 0.3) is 0 Å². The molecule has 0 rings (SSSR count). The highest BCUT2D eigenvalue weighted by molar-refractivity contribution is 7.46. The summed E-state index contributed by atoms with van der Waals surface area (Å²) in [5.74, 6) is 0. The van der Waals surface area contributed by atoms with Crippen LogP contribution in [0.5, 0.6) is 0 Å². The number of allylic oxidation sites excluding steroid dienone is 2. The van der Waals surface area contributed by atoms with E-state index in [0.29, 0.717) is 17.4 Å². The van der Waals surface area contributed by atoms with Crippen LogP contribution < -0.4 is 0 Å². The standard InChI is InChI=1S/C24H50NO4P/c1-5-7-8-9-10-11-12-13-14-15-16-17-18-19-20-21-22-24(29-30(26,27)28)23-25(3,4)6-2/h13-14,24H,5-12,15-23H2,1-4H3,(H-,26,27,28)/p+1/b14-13+. The molecule has 0 amide bonds. The van der Waals surface area contributed by atoms with Crippen LogP contribution in [0.2, 0.25) is 0 Å².